The lowest BCUT2D eigenvalue weighted by Gasteiger charge is -2.43. The van der Waals surface area contributed by atoms with Gasteiger partial charge < -0.3 is 19.9 Å². The van der Waals surface area contributed by atoms with Gasteiger partial charge in [0.15, 0.2) is 0 Å². The van der Waals surface area contributed by atoms with E-state index in [1.165, 1.54) is 6.42 Å². The van der Waals surface area contributed by atoms with Crippen LogP contribution in [0.4, 0.5) is 4.79 Å². The first kappa shape index (κ1) is 33.0. The Bertz CT molecular complexity index is 956. The summed E-state index contributed by atoms with van der Waals surface area (Å²) in [4.78, 5) is 42.8. The molecule has 3 atom stereocenters. The minimum Gasteiger partial charge on any atom is -0.456 e. The van der Waals surface area contributed by atoms with E-state index in [4.69, 9.17) is 19.9 Å². The zero-order valence-corrected chi connectivity index (χ0v) is 27.2. The number of amides is 2. The number of nitrogens with two attached hydrogens (primary N) is 1. The average Bonchev–Trinajstić information content (AvgIpc) is 2.86. The molecule has 1 saturated carbocycles. The highest BCUT2D eigenvalue weighted by Gasteiger charge is 2.55. The van der Waals surface area contributed by atoms with Crippen molar-refractivity contribution >= 4 is 28.2 Å². The van der Waals surface area contributed by atoms with E-state index >= 15 is 0 Å². The molecule has 0 aliphatic heterocycles. The number of rotatable bonds is 11. The number of hydrogen-bond donors (Lipinski definition) is 1. The van der Waals surface area contributed by atoms with Crippen LogP contribution in [0.25, 0.3) is 0 Å². The standard InChI is InChI=1S/C30H50N2O6Si/c1-8-30(26(34)37-29(6,7)21(2)39,36-20-23-17-13-10-14-18-23)32(27(35)38-28(3,4)5)25(33)24(31)19-22-15-11-9-12-16-22/h10,13-14,17-18,21-22,24H,8-9,11-12,15-16,19-20,31H2,1-7,39H3/t21?,24?,30-/m1/s1. The predicted molar refractivity (Wildman–Crippen MR) is 156 cm³/mol. The van der Waals surface area contributed by atoms with Gasteiger partial charge in [-0.1, -0.05) is 76.3 Å². The van der Waals surface area contributed by atoms with Crippen molar-refractivity contribution in [3.05, 3.63) is 35.9 Å². The monoisotopic (exact) mass is 562 g/mol. The van der Waals surface area contributed by atoms with Crippen molar-refractivity contribution in [1.82, 2.24) is 4.90 Å². The molecule has 2 N–H and O–H groups in total. The molecule has 8 nitrogen and oxygen atoms in total. The van der Waals surface area contributed by atoms with Gasteiger partial charge >= 0.3 is 12.1 Å². The Hall–Kier alpha value is -2.23. The first-order chi connectivity index (χ1) is 18.1. The number of benzene rings is 1. The minimum atomic E-state index is -2.06. The number of carbonyl (C=O) groups excluding carboxylic acids is 3. The Kier molecular flexibility index (Phi) is 11.8. The first-order valence-corrected chi connectivity index (χ1v) is 15.5. The summed E-state index contributed by atoms with van der Waals surface area (Å²) in [5.74, 6) is -1.22. The normalized spacial score (nSPS) is 18.1. The molecule has 0 aromatic heterocycles. The quantitative estimate of drug-likeness (QED) is 0.233. The van der Waals surface area contributed by atoms with Gasteiger partial charge in [-0.05, 0) is 58.1 Å². The Morgan fingerprint density at radius 1 is 1.03 bits per heavy atom. The van der Waals surface area contributed by atoms with E-state index in [-0.39, 0.29) is 24.5 Å². The molecule has 0 heterocycles. The van der Waals surface area contributed by atoms with Crippen LogP contribution in [0.1, 0.15) is 99.0 Å². The van der Waals surface area contributed by atoms with Crippen LogP contribution in [0.15, 0.2) is 30.3 Å². The third kappa shape index (κ3) is 9.15. The number of carbonyl (C=O) groups is 3. The first-order valence-electron chi connectivity index (χ1n) is 14.4. The fourth-order valence-corrected chi connectivity index (χ4v) is 4.72. The summed E-state index contributed by atoms with van der Waals surface area (Å²) >= 11 is 0. The molecule has 0 saturated heterocycles. The smallest absolute Gasteiger partial charge is 0.420 e. The SMILES string of the molecule is CC[C@@](OCc1ccccc1)(C(=O)OC(C)(C)C(C)[SiH3])N(C(=O)OC(C)(C)C)C(=O)C(N)CC1CCCCC1. The molecule has 1 aromatic rings. The van der Waals surface area contributed by atoms with E-state index in [2.05, 4.69) is 0 Å². The van der Waals surface area contributed by atoms with Crippen LogP contribution in [-0.4, -0.2) is 56.1 Å². The summed E-state index contributed by atoms with van der Waals surface area (Å²) in [7, 11) is 0.779. The lowest BCUT2D eigenvalue weighted by Crippen LogP contribution is -2.65. The van der Waals surface area contributed by atoms with E-state index in [0.29, 0.717) is 6.42 Å². The molecule has 1 aliphatic rings. The van der Waals surface area contributed by atoms with Gasteiger partial charge in [0.25, 0.3) is 11.6 Å². The summed E-state index contributed by atoms with van der Waals surface area (Å²) in [6.45, 7) is 12.4. The van der Waals surface area contributed by atoms with Crippen molar-refractivity contribution in [2.45, 2.75) is 129 Å². The highest BCUT2D eigenvalue weighted by Crippen LogP contribution is 2.34. The van der Waals surface area contributed by atoms with Gasteiger partial charge in [-0.25, -0.2) is 14.5 Å². The third-order valence-corrected chi connectivity index (χ3v) is 9.04. The number of nitrogens with zero attached hydrogens (tertiary/aromatic N) is 1. The highest BCUT2D eigenvalue weighted by molar-refractivity contribution is 6.12. The molecule has 2 amide bonds. The Morgan fingerprint density at radius 2 is 1.62 bits per heavy atom. The summed E-state index contributed by atoms with van der Waals surface area (Å²) in [6.07, 6.45) is 4.77. The van der Waals surface area contributed by atoms with Crippen LogP contribution in [0, 0.1) is 5.92 Å². The average molecular weight is 563 g/mol. The van der Waals surface area contributed by atoms with Crippen molar-refractivity contribution in [3.63, 3.8) is 0 Å². The molecule has 1 aliphatic carbocycles. The van der Waals surface area contributed by atoms with Crippen molar-refractivity contribution < 1.29 is 28.6 Å². The van der Waals surface area contributed by atoms with Gasteiger partial charge in [-0.3, -0.25) is 4.79 Å². The van der Waals surface area contributed by atoms with Gasteiger partial charge in [0.1, 0.15) is 11.2 Å². The van der Waals surface area contributed by atoms with Crippen molar-refractivity contribution in [1.29, 1.82) is 0 Å². The summed E-state index contributed by atoms with van der Waals surface area (Å²) in [5, 5.41) is 0. The predicted octanol–water partition coefficient (Wildman–Crippen LogP) is 4.87. The molecule has 2 rings (SSSR count). The van der Waals surface area contributed by atoms with Crippen LogP contribution in [0.3, 0.4) is 0 Å². The van der Waals surface area contributed by atoms with E-state index in [1.807, 2.05) is 51.1 Å². The van der Waals surface area contributed by atoms with Crippen molar-refractivity contribution in [2.24, 2.45) is 11.7 Å². The number of ether oxygens (including phenoxy) is 3. The fourth-order valence-electron chi connectivity index (χ4n) is 4.60. The summed E-state index contributed by atoms with van der Waals surface area (Å²) in [6, 6.07) is 8.29. The van der Waals surface area contributed by atoms with Crippen LogP contribution >= 0.6 is 0 Å². The van der Waals surface area contributed by atoms with E-state index in [1.54, 1.807) is 27.7 Å². The molecule has 220 valence electrons. The second-order valence-corrected chi connectivity index (χ2v) is 14.3. The highest BCUT2D eigenvalue weighted by atomic mass is 28.1. The van der Waals surface area contributed by atoms with E-state index in [9.17, 15) is 14.4 Å². The Labute approximate surface area is 237 Å². The van der Waals surface area contributed by atoms with E-state index in [0.717, 1.165) is 46.4 Å². The molecule has 0 bridgehead atoms. The fraction of sp³-hybridized carbons (Fsp3) is 0.700. The largest absolute Gasteiger partial charge is 0.456 e. The topological polar surface area (TPSA) is 108 Å². The minimum absolute atomic E-state index is 0.0227. The van der Waals surface area contributed by atoms with Crippen molar-refractivity contribution in [2.75, 3.05) is 0 Å². The maximum atomic E-state index is 14.1. The van der Waals surface area contributed by atoms with Gasteiger partial charge in [0, 0.05) is 16.7 Å². The van der Waals surface area contributed by atoms with Gasteiger partial charge in [0.05, 0.1) is 12.6 Å². The molecule has 0 radical (unpaired) electrons. The summed E-state index contributed by atoms with van der Waals surface area (Å²) in [5.41, 5.74) is 3.55. The van der Waals surface area contributed by atoms with E-state index < -0.39 is 40.9 Å². The molecule has 0 spiro atoms. The van der Waals surface area contributed by atoms with Gasteiger partial charge in [-0.15, -0.1) is 0 Å². The maximum Gasteiger partial charge on any atom is 0.420 e. The van der Waals surface area contributed by atoms with Crippen LogP contribution in [-0.2, 0) is 30.4 Å². The molecule has 9 heteroatoms. The van der Waals surface area contributed by atoms with Gasteiger partial charge in [-0.2, -0.15) is 0 Å². The Balaban J connectivity index is 2.57. The third-order valence-electron chi connectivity index (χ3n) is 7.65. The molecular weight excluding hydrogens is 512 g/mol. The Morgan fingerprint density at radius 3 is 2.13 bits per heavy atom. The second kappa shape index (κ2) is 13.9. The molecule has 1 fully saturated rings. The molecule has 2 unspecified atom stereocenters. The van der Waals surface area contributed by atoms with Gasteiger partial charge in [0.2, 0.25) is 0 Å². The van der Waals surface area contributed by atoms with Crippen LogP contribution in [0.5, 0.6) is 0 Å². The zero-order valence-electron chi connectivity index (χ0n) is 25.2. The maximum absolute atomic E-state index is 14.1. The lowest BCUT2D eigenvalue weighted by molar-refractivity contribution is -0.216. The molecule has 1 aromatic carbocycles. The molecule has 39 heavy (non-hydrogen) atoms. The van der Waals surface area contributed by atoms with Crippen LogP contribution in [0.2, 0.25) is 5.54 Å². The lowest BCUT2D eigenvalue weighted by atomic mass is 9.84. The number of hydrogen-bond acceptors (Lipinski definition) is 7. The number of esters is 1. The van der Waals surface area contributed by atoms with Crippen LogP contribution < -0.4 is 5.73 Å². The molecular formula is C30H50N2O6Si. The second-order valence-electron chi connectivity index (χ2n) is 12.6. The number of imide groups is 1. The summed E-state index contributed by atoms with van der Waals surface area (Å²) < 4.78 is 18.0. The van der Waals surface area contributed by atoms with Crippen molar-refractivity contribution in [3.8, 4) is 0 Å². The zero-order chi connectivity index (χ0) is 29.4.